The highest BCUT2D eigenvalue weighted by Crippen LogP contribution is 2.28. The molecule has 0 atom stereocenters. The van der Waals surface area contributed by atoms with E-state index in [0.29, 0.717) is 31.6 Å². The van der Waals surface area contributed by atoms with Crippen molar-refractivity contribution in [2.24, 2.45) is 0 Å². The van der Waals surface area contributed by atoms with E-state index in [9.17, 15) is 10.1 Å². The molecule has 3 aromatic rings. The van der Waals surface area contributed by atoms with E-state index in [0.717, 1.165) is 5.52 Å². The van der Waals surface area contributed by atoms with Crippen LogP contribution in [0.25, 0.3) is 10.9 Å². The number of H-pyrrole nitrogens is 1. The Morgan fingerprint density at radius 3 is 2.76 bits per heavy atom. The first-order valence-electron chi connectivity index (χ1n) is 6.12. The number of fused-ring (bicyclic) bond motifs is 1. The Morgan fingerprint density at radius 1 is 1.24 bits per heavy atom. The molecular weight excluding hydrogens is 352 g/mol. The molecule has 1 N–H and O–H groups in total. The summed E-state index contributed by atoms with van der Waals surface area (Å²) in [5, 5.41) is 10.4. The lowest BCUT2D eigenvalue weighted by atomic mass is 10.00. The number of carbonyl (C=O) groups is 1. The fourth-order valence-electron chi connectivity index (χ4n) is 2.28. The van der Waals surface area contributed by atoms with Crippen molar-refractivity contribution in [2.75, 3.05) is 0 Å². The third kappa shape index (κ3) is 2.35. The SMILES string of the molecule is N#Cc1cccc2[nH]cc(C(=O)c3ccc(Cl)cc3Br)c12. The van der Waals surface area contributed by atoms with Crippen LogP contribution < -0.4 is 0 Å². The van der Waals surface area contributed by atoms with Crippen LogP contribution in [-0.2, 0) is 0 Å². The second-order valence-electron chi connectivity index (χ2n) is 4.50. The topological polar surface area (TPSA) is 56.6 Å². The molecule has 21 heavy (non-hydrogen) atoms. The predicted octanol–water partition coefficient (Wildman–Crippen LogP) is 4.69. The van der Waals surface area contributed by atoms with Crippen LogP contribution in [0.4, 0.5) is 0 Å². The molecule has 3 rings (SSSR count). The first kappa shape index (κ1) is 13.9. The van der Waals surface area contributed by atoms with Gasteiger partial charge in [0.1, 0.15) is 0 Å². The van der Waals surface area contributed by atoms with Crippen LogP contribution in [0.2, 0.25) is 5.02 Å². The van der Waals surface area contributed by atoms with Crippen LogP contribution >= 0.6 is 27.5 Å². The average Bonchev–Trinajstić information content (AvgIpc) is 2.90. The Labute approximate surface area is 134 Å². The van der Waals surface area contributed by atoms with Crippen molar-refractivity contribution in [2.45, 2.75) is 0 Å². The number of rotatable bonds is 2. The van der Waals surface area contributed by atoms with E-state index < -0.39 is 0 Å². The molecule has 2 aromatic carbocycles. The zero-order valence-corrected chi connectivity index (χ0v) is 13.0. The van der Waals surface area contributed by atoms with Crippen molar-refractivity contribution in [1.82, 2.24) is 4.98 Å². The van der Waals surface area contributed by atoms with Gasteiger partial charge in [0.15, 0.2) is 5.78 Å². The van der Waals surface area contributed by atoms with Gasteiger partial charge in [0, 0.05) is 37.7 Å². The zero-order valence-electron chi connectivity index (χ0n) is 10.7. The van der Waals surface area contributed by atoms with Gasteiger partial charge in [-0.1, -0.05) is 17.7 Å². The van der Waals surface area contributed by atoms with E-state index in [1.807, 2.05) is 6.07 Å². The highest BCUT2D eigenvalue weighted by molar-refractivity contribution is 9.10. The molecule has 0 aliphatic carbocycles. The Bertz CT molecular complexity index is 908. The molecule has 0 aliphatic heterocycles. The lowest BCUT2D eigenvalue weighted by Crippen LogP contribution is -2.02. The molecule has 0 saturated heterocycles. The summed E-state index contributed by atoms with van der Waals surface area (Å²) in [4.78, 5) is 15.8. The van der Waals surface area contributed by atoms with E-state index in [1.165, 1.54) is 0 Å². The number of aromatic nitrogens is 1. The zero-order chi connectivity index (χ0) is 15.0. The first-order chi connectivity index (χ1) is 10.1. The molecule has 5 heteroatoms. The number of nitrogens with zero attached hydrogens (tertiary/aromatic N) is 1. The van der Waals surface area contributed by atoms with Crippen molar-refractivity contribution in [3.8, 4) is 6.07 Å². The van der Waals surface area contributed by atoms with Crippen LogP contribution in [0, 0.1) is 11.3 Å². The average molecular weight is 360 g/mol. The minimum absolute atomic E-state index is 0.160. The van der Waals surface area contributed by atoms with Gasteiger partial charge in [-0.3, -0.25) is 4.79 Å². The van der Waals surface area contributed by atoms with Crippen LogP contribution in [-0.4, -0.2) is 10.8 Å². The van der Waals surface area contributed by atoms with E-state index >= 15 is 0 Å². The van der Waals surface area contributed by atoms with Crippen molar-refractivity contribution in [3.05, 3.63) is 68.8 Å². The normalized spacial score (nSPS) is 10.5. The van der Waals surface area contributed by atoms with E-state index in [-0.39, 0.29) is 5.78 Å². The minimum atomic E-state index is -0.160. The molecule has 0 spiro atoms. The van der Waals surface area contributed by atoms with Gasteiger partial charge in [-0.25, -0.2) is 0 Å². The maximum absolute atomic E-state index is 12.7. The summed E-state index contributed by atoms with van der Waals surface area (Å²) in [6, 6.07) is 12.4. The molecule has 0 amide bonds. The summed E-state index contributed by atoms with van der Waals surface area (Å²) >= 11 is 9.25. The molecule has 0 radical (unpaired) electrons. The van der Waals surface area contributed by atoms with Gasteiger partial charge in [-0.15, -0.1) is 0 Å². The second kappa shape index (κ2) is 5.36. The highest BCUT2D eigenvalue weighted by Gasteiger charge is 2.18. The van der Waals surface area contributed by atoms with Crippen LogP contribution in [0.3, 0.4) is 0 Å². The molecule has 0 saturated carbocycles. The van der Waals surface area contributed by atoms with Gasteiger partial charge < -0.3 is 4.98 Å². The Morgan fingerprint density at radius 2 is 2.05 bits per heavy atom. The Hall–Kier alpha value is -2.09. The number of hydrogen-bond acceptors (Lipinski definition) is 2. The smallest absolute Gasteiger partial charge is 0.196 e. The van der Waals surface area contributed by atoms with E-state index in [1.54, 1.807) is 36.5 Å². The summed E-state index contributed by atoms with van der Waals surface area (Å²) in [6.07, 6.45) is 1.63. The standard InChI is InChI=1S/C16H8BrClN2O/c17-13-6-10(18)4-5-11(13)16(21)12-8-20-14-3-1-2-9(7-19)15(12)14/h1-6,8,20H. The lowest BCUT2D eigenvalue weighted by Gasteiger charge is -2.04. The molecular formula is C16H8BrClN2O. The molecule has 0 bridgehead atoms. The molecule has 0 fully saturated rings. The summed E-state index contributed by atoms with van der Waals surface area (Å²) in [6.45, 7) is 0. The third-order valence-electron chi connectivity index (χ3n) is 3.25. The van der Waals surface area contributed by atoms with Gasteiger partial charge in [-0.05, 0) is 46.3 Å². The van der Waals surface area contributed by atoms with Crippen LogP contribution in [0.15, 0.2) is 47.1 Å². The fraction of sp³-hybridized carbons (Fsp3) is 0. The maximum atomic E-state index is 12.7. The largest absolute Gasteiger partial charge is 0.360 e. The number of hydrogen-bond donors (Lipinski definition) is 1. The molecule has 102 valence electrons. The van der Waals surface area contributed by atoms with Gasteiger partial charge in [-0.2, -0.15) is 5.26 Å². The van der Waals surface area contributed by atoms with Crippen LogP contribution in [0.5, 0.6) is 0 Å². The molecule has 3 nitrogen and oxygen atoms in total. The number of aromatic amines is 1. The first-order valence-corrected chi connectivity index (χ1v) is 7.29. The minimum Gasteiger partial charge on any atom is -0.360 e. The number of nitrogens with one attached hydrogen (secondary N) is 1. The summed E-state index contributed by atoms with van der Waals surface area (Å²) in [7, 11) is 0. The predicted molar refractivity (Wildman–Crippen MR) is 85.6 cm³/mol. The van der Waals surface area contributed by atoms with Gasteiger partial charge in [0.25, 0.3) is 0 Å². The lowest BCUT2D eigenvalue weighted by molar-refractivity contribution is 0.103. The van der Waals surface area contributed by atoms with Gasteiger partial charge in [0.05, 0.1) is 11.6 Å². The number of nitriles is 1. The number of halogens is 2. The molecule has 1 heterocycles. The third-order valence-corrected chi connectivity index (χ3v) is 4.14. The fourth-order valence-corrected chi connectivity index (χ4v) is 3.14. The highest BCUT2D eigenvalue weighted by atomic mass is 79.9. The van der Waals surface area contributed by atoms with E-state index in [4.69, 9.17) is 11.6 Å². The Kier molecular flexibility index (Phi) is 3.54. The van der Waals surface area contributed by atoms with E-state index in [2.05, 4.69) is 27.0 Å². The molecule has 1 aromatic heterocycles. The van der Waals surface area contributed by atoms with Gasteiger partial charge in [0.2, 0.25) is 0 Å². The van der Waals surface area contributed by atoms with Gasteiger partial charge >= 0.3 is 0 Å². The quantitative estimate of drug-likeness (QED) is 0.675. The second-order valence-corrected chi connectivity index (χ2v) is 5.79. The van der Waals surface area contributed by atoms with Crippen LogP contribution in [0.1, 0.15) is 21.5 Å². The van der Waals surface area contributed by atoms with Crippen molar-refractivity contribution >= 4 is 44.2 Å². The number of ketones is 1. The Balaban J connectivity index is 2.21. The maximum Gasteiger partial charge on any atom is 0.196 e. The molecule has 0 unspecified atom stereocenters. The summed E-state index contributed by atoms with van der Waals surface area (Å²) in [5.74, 6) is -0.160. The number of carbonyl (C=O) groups excluding carboxylic acids is 1. The summed E-state index contributed by atoms with van der Waals surface area (Å²) in [5.41, 5.74) is 2.22. The van der Waals surface area contributed by atoms with Crippen molar-refractivity contribution < 1.29 is 4.79 Å². The van der Waals surface area contributed by atoms with Crippen molar-refractivity contribution in [3.63, 3.8) is 0 Å². The summed E-state index contributed by atoms with van der Waals surface area (Å²) < 4.78 is 0.629. The number of benzene rings is 2. The van der Waals surface area contributed by atoms with Crippen molar-refractivity contribution in [1.29, 1.82) is 5.26 Å². The molecule has 0 aliphatic rings. The monoisotopic (exact) mass is 358 g/mol.